The number of nitrogens with zero attached hydrogens (tertiary/aromatic N) is 1. The van der Waals surface area contributed by atoms with Gasteiger partial charge < -0.3 is 5.11 Å². The number of non-ortho nitro benzene ring substituents is 1. The van der Waals surface area contributed by atoms with E-state index >= 15 is 0 Å². The van der Waals surface area contributed by atoms with Crippen LogP contribution in [0.4, 0.5) is 5.69 Å². The summed E-state index contributed by atoms with van der Waals surface area (Å²) in [5.41, 5.74) is 0.379. The SMILES string of the molecule is O=[N+]([O-])c1ccc2c(c1)S(=O)(=O)C[C@@H]2SCCO. The Kier molecular flexibility index (Phi) is 3.60. The minimum Gasteiger partial charge on any atom is -0.396 e. The Labute approximate surface area is 108 Å². The Morgan fingerprint density at radius 2 is 2.22 bits per heavy atom. The van der Waals surface area contributed by atoms with Gasteiger partial charge in [-0.05, 0) is 11.6 Å². The molecule has 0 aromatic heterocycles. The maximum Gasteiger partial charge on any atom is 0.270 e. The van der Waals surface area contributed by atoms with E-state index in [-0.39, 0.29) is 28.2 Å². The van der Waals surface area contributed by atoms with E-state index in [1.165, 1.54) is 23.9 Å². The lowest BCUT2D eigenvalue weighted by Gasteiger charge is -2.07. The second-order valence-electron chi connectivity index (χ2n) is 3.84. The van der Waals surface area contributed by atoms with Gasteiger partial charge in [0.1, 0.15) is 0 Å². The summed E-state index contributed by atoms with van der Waals surface area (Å²) in [6.45, 7) is -0.0243. The number of thioether (sulfide) groups is 1. The Balaban J connectivity index is 2.43. The van der Waals surface area contributed by atoms with E-state index in [1.54, 1.807) is 0 Å². The van der Waals surface area contributed by atoms with Gasteiger partial charge in [-0.3, -0.25) is 10.1 Å². The van der Waals surface area contributed by atoms with E-state index in [9.17, 15) is 18.5 Å². The molecular formula is C10H11NO5S2. The number of hydrogen-bond donors (Lipinski definition) is 1. The lowest BCUT2D eigenvalue weighted by molar-refractivity contribution is -0.385. The van der Waals surface area contributed by atoms with Crippen LogP contribution in [0.25, 0.3) is 0 Å². The van der Waals surface area contributed by atoms with Gasteiger partial charge in [0, 0.05) is 23.1 Å². The first-order valence-corrected chi connectivity index (χ1v) is 7.89. The molecule has 1 atom stereocenters. The molecule has 1 aromatic carbocycles. The van der Waals surface area contributed by atoms with E-state index in [0.717, 1.165) is 6.07 Å². The molecule has 2 rings (SSSR count). The zero-order valence-electron chi connectivity index (χ0n) is 9.27. The van der Waals surface area contributed by atoms with Crippen LogP contribution in [0, 0.1) is 10.1 Å². The van der Waals surface area contributed by atoms with Gasteiger partial charge in [0.2, 0.25) is 0 Å². The second kappa shape index (κ2) is 4.87. The molecular weight excluding hydrogens is 278 g/mol. The molecule has 0 saturated heterocycles. The van der Waals surface area contributed by atoms with Gasteiger partial charge in [0.15, 0.2) is 9.84 Å². The molecule has 0 bridgehead atoms. The van der Waals surface area contributed by atoms with Crippen LogP contribution in [-0.4, -0.2) is 36.6 Å². The highest BCUT2D eigenvalue weighted by Gasteiger charge is 2.36. The minimum atomic E-state index is -3.45. The summed E-state index contributed by atoms with van der Waals surface area (Å²) < 4.78 is 23.8. The Hall–Kier alpha value is -1.12. The predicted molar refractivity (Wildman–Crippen MR) is 67.4 cm³/mol. The molecule has 0 spiro atoms. The summed E-state index contributed by atoms with van der Waals surface area (Å²) in [5.74, 6) is 0.380. The molecule has 0 radical (unpaired) electrons. The van der Waals surface area contributed by atoms with E-state index in [1.807, 2.05) is 0 Å². The van der Waals surface area contributed by atoms with Gasteiger partial charge in [-0.15, -0.1) is 0 Å². The van der Waals surface area contributed by atoms with Gasteiger partial charge in [-0.25, -0.2) is 8.42 Å². The third-order valence-corrected chi connectivity index (χ3v) is 5.92. The lowest BCUT2D eigenvalue weighted by Crippen LogP contribution is -2.02. The maximum absolute atomic E-state index is 11.9. The fraction of sp³-hybridized carbons (Fsp3) is 0.400. The first kappa shape index (κ1) is 13.3. The van der Waals surface area contributed by atoms with Crippen molar-refractivity contribution in [3.63, 3.8) is 0 Å². The van der Waals surface area contributed by atoms with Crippen LogP contribution in [0.5, 0.6) is 0 Å². The molecule has 1 N–H and O–H groups in total. The normalized spacial score (nSPS) is 20.6. The molecule has 0 fully saturated rings. The van der Waals surface area contributed by atoms with Crippen molar-refractivity contribution in [1.82, 2.24) is 0 Å². The number of nitro groups is 1. The largest absolute Gasteiger partial charge is 0.396 e. The quantitative estimate of drug-likeness (QED) is 0.659. The first-order chi connectivity index (χ1) is 8.45. The van der Waals surface area contributed by atoms with Gasteiger partial charge in [0.05, 0.1) is 22.2 Å². The Morgan fingerprint density at radius 1 is 1.50 bits per heavy atom. The van der Waals surface area contributed by atoms with Crippen LogP contribution in [0.3, 0.4) is 0 Å². The molecule has 0 unspecified atom stereocenters. The smallest absolute Gasteiger partial charge is 0.270 e. The van der Waals surface area contributed by atoms with Crippen molar-refractivity contribution in [3.8, 4) is 0 Å². The number of hydrogen-bond acceptors (Lipinski definition) is 6. The van der Waals surface area contributed by atoms with E-state index in [0.29, 0.717) is 11.3 Å². The van der Waals surface area contributed by atoms with Crippen molar-refractivity contribution < 1.29 is 18.4 Å². The molecule has 6 nitrogen and oxygen atoms in total. The first-order valence-electron chi connectivity index (χ1n) is 5.19. The lowest BCUT2D eigenvalue weighted by atomic mass is 10.1. The van der Waals surface area contributed by atoms with Crippen LogP contribution >= 0.6 is 11.8 Å². The maximum atomic E-state index is 11.9. The van der Waals surface area contributed by atoms with Crippen molar-refractivity contribution >= 4 is 27.3 Å². The summed E-state index contributed by atoms with van der Waals surface area (Å²) in [4.78, 5) is 10.1. The van der Waals surface area contributed by atoms with Crippen molar-refractivity contribution in [1.29, 1.82) is 0 Å². The van der Waals surface area contributed by atoms with Gasteiger partial charge in [-0.1, -0.05) is 0 Å². The van der Waals surface area contributed by atoms with Crippen LogP contribution in [0.2, 0.25) is 0 Å². The third-order valence-electron chi connectivity index (χ3n) is 2.67. The fourth-order valence-corrected chi connectivity index (χ4v) is 5.28. The molecule has 0 saturated carbocycles. The average molecular weight is 289 g/mol. The van der Waals surface area contributed by atoms with Crippen molar-refractivity contribution in [2.45, 2.75) is 10.1 Å². The molecule has 8 heteroatoms. The molecule has 1 aromatic rings. The summed E-state index contributed by atoms with van der Waals surface area (Å²) in [6, 6.07) is 3.92. The predicted octanol–water partition coefficient (Wildman–Crippen LogP) is 1.15. The average Bonchev–Trinajstić information content (AvgIpc) is 2.58. The number of sulfone groups is 1. The Morgan fingerprint density at radius 3 is 2.83 bits per heavy atom. The molecule has 18 heavy (non-hydrogen) atoms. The van der Waals surface area contributed by atoms with Crippen LogP contribution < -0.4 is 0 Å². The number of fused-ring (bicyclic) bond motifs is 1. The topological polar surface area (TPSA) is 97.5 Å². The number of benzene rings is 1. The number of rotatable bonds is 4. The fourth-order valence-electron chi connectivity index (χ4n) is 1.88. The van der Waals surface area contributed by atoms with Crippen molar-refractivity contribution in [2.24, 2.45) is 0 Å². The summed E-state index contributed by atoms with van der Waals surface area (Å²) in [6.07, 6.45) is 0. The summed E-state index contributed by atoms with van der Waals surface area (Å²) >= 11 is 1.34. The summed E-state index contributed by atoms with van der Waals surface area (Å²) in [7, 11) is -3.45. The molecule has 1 aliphatic rings. The highest BCUT2D eigenvalue weighted by atomic mass is 32.2. The van der Waals surface area contributed by atoms with Gasteiger partial charge in [0.25, 0.3) is 5.69 Å². The third kappa shape index (κ3) is 2.36. The highest BCUT2D eigenvalue weighted by Crippen LogP contribution is 2.42. The molecule has 1 heterocycles. The molecule has 0 aliphatic carbocycles. The van der Waals surface area contributed by atoms with E-state index < -0.39 is 14.8 Å². The number of aliphatic hydroxyl groups excluding tert-OH is 1. The molecule has 1 aliphatic heterocycles. The van der Waals surface area contributed by atoms with Crippen LogP contribution in [0.15, 0.2) is 23.1 Å². The van der Waals surface area contributed by atoms with Gasteiger partial charge >= 0.3 is 0 Å². The van der Waals surface area contributed by atoms with Crippen LogP contribution in [0.1, 0.15) is 10.8 Å². The number of nitro benzene ring substituents is 1. The summed E-state index contributed by atoms with van der Waals surface area (Å²) in [5, 5.41) is 19.1. The molecule has 98 valence electrons. The van der Waals surface area contributed by atoms with E-state index in [2.05, 4.69) is 0 Å². The van der Waals surface area contributed by atoms with Crippen molar-refractivity contribution in [3.05, 3.63) is 33.9 Å². The zero-order valence-corrected chi connectivity index (χ0v) is 10.9. The Bertz CT molecular complexity index is 584. The molecule has 0 amide bonds. The monoisotopic (exact) mass is 289 g/mol. The highest BCUT2D eigenvalue weighted by molar-refractivity contribution is 8.01. The van der Waals surface area contributed by atoms with E-state index in [4.69, 9.17) is 5.11 Å². The van der Waals surface area contributed by atoms with Crippen LogP contribution in [-0.2, 0) is 9.84 Å². The number of aliphatic hydroxyl groups is 1. The second-order valence-corrected chi connectivity index (χ2v) is 7.16. The zero-order chi connectivity index (χ0) is 13.3. The van der Waals surface area contributed by atoms with Gasteiger partial charge in [-0.2, -0.15) is 11.8 Å². The minimum absolute atomic E-state index is 0.0243. The van der Waals surface area contributed by atoms with Crippen molar-refractivity contribution in [2.75, 3.05) is 18.1 Å². The standard InChI is InChI=1S/C10H11NO5S2/c12-3-4-17-9-6-18(15,16)10-5-7(11(13)14)1-2-8(9)10/h1-2,5,9,12H,3-4,6H2/t9-/m0/s1.